The predicted octanol–water partition coefficient (Wildman–Crippen LogP) is 2.25. The number of ether oxygens (including phenoxy) is 1. The fourth-order valence-electron chi connectivity index (χ4n) is 4.11. The number of fused-ring (bicyclic) bond motifs is 1. The summed E-state index contributed by atoms with van der Waals surface area (Å²) in [5.41, 5.74) is 4.26. The first-order chi connectivity index (χ1) is 14.6. The van der Waals surface area contributed by atoms with Gasteiger partial charge >= 0.3 is 5.97 Å². The zero-order chi connectivity index (χ0) is 20.9. The Labute approximate surface area is 176 Å². The van der Waals surface area contributed by atoms with E-state index in [1.54, 1.807) is 12.4 Å². The van der Waals surface area contributed by atoms with Gasteiger partial charge in [0.1, 0.15) is 5.82 Å². The van der Waals surface area contributed by atoms with Crippen molar-refractivity contribution in [2.75, 3.05) is 38.2 Å². The topological polar surface area (TPSA) is 100 Å². The number of aromatic nitrogens is 3. The Morgan fingerprint density at radius 2 is 2.13 bits per heavy atom. The maximum Gasteiger partial charge on any atom is 0.305 e. The molecule has 0 amide bonds. The van der Waals surface area contributed by atoms with Crippen molar-refractivity contribution in [1.82, 2.24) is 19.9 Å². The largest absolute Gasteiger partial charge is 0.481 e. The average molecular weight is 412 g/mol. The molecule has 1 atom stereocenters. The molecule has 0 unspecified atom stereocenters. The Balaban J connectivity index is 1.21. The molecule has 0 spiro atoms. The Kier molecular flexibility index (Phi) is 6.54. The van der Waals surface area contributed by atoms with Crippen molar-refractivity contribution in [2.45, 2.75) is 38.6 Å². The molecule has 2 aromatic heterocycles. The molecule has 2 N–H and O–H groups in total. The van der Waals surface area contributed by atoms with Gasteiger partial charge in [-0.15, -0.1) is 0 Å². The summed E-state index contributed by atoms with van der Waals surface area (Å²) in [6.07, 6.45) is 6.51. The molecule has 4 heterocycles. The van der Waals surface area contributed by atoms with Crippen LogP contribution in [-0.4, -0.2) is 63.8 Å². The number of likely N-dealkylation sites (tertiary alicyclic amines) is 1. The minimum Gasteiger partial charge on any atom is -0.481 e. The second kappa shape index (κ2) is 9.49. The van der Waals surface area contributed by atoms with Gasteiger partial charge in [-0.2, -0.15) is 0 Å². The molecule has 0 bridgehead atoms. The minimum atomic E-state index is -0.812. The van der Waals surface area contributed by atoms with Gasteiger partial charge in [-0.1, -0.05) is 0 Å². The molecule has 8 heteroatoms. The molecule has 4 rings (SSSR count). The van der Waals surface area contributed by atoms with Crippen LogP contribution in [0.3, 0.4) is 0 Å². The van der Waals surface area contributed by atoms with E-state index in [9.17, 15) is 9.90 Å². The van der Waals surface area contributed by atoms with Crippen LogP contribution in [-0.2, 0) is 22.4 Å². The third-order valence-corrected chi connectivity index (χ3v) is 5.77. The highest BCUT2D eigenvalue weighted by atomic mass is 16.5. The van der Waals surface area contributed by atoms with Crippen LogP contribution in [0.5, 0.6) is 0 Å². The molecule has 2 aromatic rings. The van der Waals surface area contributed by atoms with E-state index >= 15 is 0 Å². The summed E-state index contributed by atoms with van der Waals surface area (Å²) in [7, 11) is 0. The lowest BCUT2D eigenvalue weighted by molar-refractivity contribution is -0.139. The first-order valence-electron chi connectivity index (χ1n) is 10.6. The summed E-state index contributed by atoms with van der Waals surface area (Å²) < 4.78 is 5.89. The van der Waals surface area contributed by atoms with Crippen LogP contribution in [0, 0.1) is 12.8 Å². The van der Waals surface area contributed by atoms with E-state index in [0.717, 1.165) is 61.5 Å². The number of nitrogens with zero attached hydrogens (tertiary/aromatic N) is 4. The van der Waals surface area contributed by atoms with Crippen LogP contribution in [0.1, 0.15) is 41.7 Å². The molecule has 2 aliphatic heterocycles. The Hall–Kier alpha value is -2.58. The van der Waals surface area contributed by atoms with Crippen LogP contribution in [0.4, 0.5) is 5.69 Å². The average Bonchev–Trinajstić information content (AvgIpc) is 2.71. The van der Waals surface area contributed by atoms with E-state index in [-0.39, 0.29) is 12.5 Å². The van der Waals surface area contributed by atoms with Gasteiger partial charge in [-0.3, -0.25) is 14.7 Å². The molecule has 1 saturated heterocycles. The van der Waals surface area contributed by atoms with Crippen LogP contribution < -0.4 is 5.32 Å². The van der Waals surface area contributed by atoms with Crippen LogP contribution in [0.15, 0.2) is 24.5 Å². The van der Waals surface area contributed by atoms with E-state index in [2.05, 4.69) is 32.3 Å². The minimum absolute atomic E-state index is 0.0544. The number of aryl methyl sites for hydroxylation is 2. The van der Waals surface area contributed by atoms with Crippen molar-refractivity contribution in [2.24, 2.45) is 5.92 Å². The number of hydrogen-bond acceptors (Lipinski definition) is 7. The van der Waals surface area contributed by atoms with Crippen molar-refractivity contribution < 1.29 is 14.6 Å². The van der Waals surface area contributed by atoms with Gasteiger partial charge in [0.2, 0.25) is 0 Å². The predicted molar refractivity (Wildman–Crippen MR) is 112 cm³/mol. The quantitative estimate of drug-likeness (QED) is 0.606. The highest BCUT2D eigenvalue weighted by Gasteiger charge is 2.34. The smallest absolute Gasteiger partial charge is 0.305 e. The van der Waals surface area contributed by atoms with Gasteiger partial charge in [0.05, 0.1) is 31.0 Å². The second-order valence-corrected chi connectivity index (χ2v) is 8.15. The van der Waals surface area contributed by atoms with Crippen molar-refractivity contribution in [3.05, 3.63) is 47.3 Å². The van der Waals surface area contributed by atoms with E-state index in [1.165, 1.54) is 0 Å². The lowest BCUT2D eigenvalue weighted by Crippen LogP contribution is -2.50. The molecule has 2 aliphatic rings. The zero-order valence-corrected chi connectivity index (χ0v) is 17.4. The number of carboxylic acid groups (broad SMARTS) is 1. The van der Waals surface area contributed by atoms with Crippen LogP contribution in [0.25, 0.3) is 0 Å². The molecule has 160 valence electrons. The molecule has 0 aromatic carbocycles. The molecule has 8 nitrogen and oxygen atoms in total. The summed E-state index contributed by atoms with van der Waals surface area (Å²) in [5.74, 6) is 0.300. The highest BCUT2D eigenvalue weighted by Crippen LogP contribution is 2.31. The first kappa shape index (κ1) is 20.7. The van der Waals surface area contributed by atoms with Gasteiger partial charge < -0.3 is 15.2 Å². The highest BCUT2D eigenvalue weighted by molar-refractivity contribution is 5.67. The van der Waals surface area contributed by atoms with Gasteiger partial charge in [-0.05, 0) is 31.9 Å². The molecular weight excluding hydrogens is 382 g/mol. The Morgan fingerprint density at radius 1 is 1.33 bits per heavy atom. The van der Waals surface area contributed by atoms with E-state index in [1.807, 2.05) is 6.92 Å². The number of carbonyl (C=O) groups is 1. The summed E-state index contributed by atoms with van der Waals surface area (Å²) >= 11 is 0. The van der Waals surface area contributed by atoms with Gasteiger partial charge in [0, 0.05) is 61.7 Å². The lowest BCUT2D eigenvalue weighted by atomic mass is 9.94. The van der Waals surface area contributed by atoms with Gasteiger partial charge in [-0.25, -0.2) is 9.97 Å². The van der Waals surface area contributed by atoms with E-state index in [4.69, 9.17) is 9.72 Å². The molecule has 1 fully saturated rings. The second-order valence-electron chi connectivity index (χ2n) is 8.15. The Morgan fingerprint density at radius 3 is 2.90 bits per heavy atom. The third-order valence-electron chi connectivity index (χ3n) is 5.77. The summed E-state index contributed by atoms with van der Waals surface area (Å²) in [5, 5.41) is 12.7. The number of aliphatic carboxylic acids is 1. The van der Waals surface area contributed by atoms with Gasteiger partial charge in [0.25, 0.3) is 0 Å². The van der Waals surface area contributed by atoms with Crippen molar-refractivity contribution in [3.8, 4) is 0 Å². The van der Waals surface area contributed by atoms with Crippen molar-refractivity contribution in [1.29, 1.82) is 0 Å². The SMILES string of the molecule is Cc1ncc([C@H](CC(=O)O)N2CC(COCCc3ccc4c(n3)CCCN4)C2)cn1. The Bertz CT molecular complexity index is 868. The fraction of sp³-hybridized carbons (Fsp3) is 0.545. The third kappa shape index (κ3) is 5.12. The van der Waals surface area contributed by atoms with E-state index in [0.29, 0.717) is 25.0 Å². The fourth-order valence-corrected chi connectivity index (χ4v) is 4.11. The number of rotatable bonds is 9. The van der Waals surface area contributed by atoms with Crippen LogP contribution in [0.2, 0.25) is 0 Å². The molecule has 0 aliphatic carbocycles. The number of anilines is 1. The molecule has 0 radical (unpaired) electrons. The molecule has 30 heavy (non-hydrogen) atoms. The number of hydrogen-bond donors (Lipinski definition) is 2. The number of nitrogens with one attached hydrogen (secondary N) is 1. The first-order valence-corrected chi connectivity index (χ1v) is 10.6. The standard InChI is InChI=1S/C22H29N5O3/c1-15-24-10-17(11-25-15)21(9-22(28)29)27-12-16(13-27)14-30-8-6-18-4-5-19-20(26-18)3-2-7-23-19/h4-5,10-11,16,21,23H,2-3,6-9,12-14H2,1H3,(H,28,29)/t21-/m0/s1. The van der Waals surface area contributed by atoms with E-state index < -0.39 is 5.97 Å². The summed E-state index contributed by atoms with van der Waals surface area (Å²) in [4.78, 5) is 26.7. The maximum absolute atomic E-state index is 11.3. The monoisotopic (exact) mass is 411 g/mol. The van der Waals surface area contributed by atoms with Crippen LogP contribution >= 0.6 is 0 Å². The number of carboxylic acids is 1. The normalized spacial score (nSPS) is 17.6. The zero-order valence-electron chi connectivity index (χ0n) is 17.4. The summed E-state index contributed by atoms with van der Waals surface area (Å²) in [6.45, 7) is 5.85. The number of pyridine rings is 1. The van der Waals surface area contributed by atoms with Crippen molar-refractivity contribution in [3.63, 3.8) is 0 Å². The summed E-state index contributed by atoms with van der Waals surface area (Å²) in [6, 6.07) is 4.01. The maximum atomic E-state index is 11.3. The van der Waals surface area contributed by atoms with Gasteiger partial charge in [0.15, 0.2) is 0 Å². The van der Waals surface area contributed by atoms with Crippen molar-refractivity contribution >= 4 is 11.7 Å². The lowest BCUT2D eigenvalue weighted by Gasteiger charge is -2.43. The molecule has 0 saturated carbocycles. The molecular formula is C22H29N5O3.